The highest BCUT2D eigenvalue weighted by atomic mass is 19.4. The molecule has 2 aromatic heterocycles. The Labute approximate surface area is 195 Å². The molecule has 3 N–H and O–H groups in total. The van der Waals surface area contributed by atoms with Crippen molar-refractivity contribution >= 4 is 22.4 Å². The van der Waals surface area contributed by atoms with Gasteiger partial charge in [0, 0.05) is 30.6 Å². The number of hydrogen-bond donors (Lipinski definition) is 3. The number of aliphatic hydroxyl groups excluding tert-OH is 2. The van der Waals surface area contributed by atoms with Crippen LogP contribution in [0.15, 0.2) is 24.3 Å². The minimum atomic E-state index is -4.78. The lowest BCUT2D eigenvalue weighted by molar-refractivity contribution is -0.140. The summed E-state index contributed by atoms with van der Waals surface area (Å²) >= 11 is 0. The molecule has 0 unspecified atom stereocenters. The second-order valence-corrected chi connectivity index (χ2v) is 8.27. The number of hydrogen-bond acceptors (Lipinski definition) is 7. The number of fused-ring (bicyclic) bond motifs is 1. The fraction of sp³-hybridized carbons (Fsp3) is 0.409. The normalized spacial score (nSPS) is 16.8. The molecule has 1 atom stereocenters. The highest BCUT2D eigenvalue weighted by Gasteiger charge is 2.39. The molecule has 0 spiro atoms. The van der Waals surface area contributed by atoms with Crippen molar-refractivity contribution in [1.82, 2.24) is 15.2 Å². The van der Waals surface area contributed by atoms with Gasteiger partial charge in [0.2, 0.25) is 0 Å². The van der Waals surface area contributed by atoms with Crippen LogP contribution in [0.25, 0.3) is 10.9 Å². The van der Waals surface area contributed by atoms with Gasteiger partial charge in [-0.15, -0.1) is 5.10 Å². The molecule has 0 radical (unpaired) electrons. The Bertz CT molecular complexity index is 1250. The third-order valence-corrected chi connectivity index (χ3v) is 5.79. The minimum absolute atomic E-state index is 0.00635. The molecular weight excluding hydrogens is 480 g/mol. The molecule has 0 aliphatic carbocycles. The van der Waals surface area contributed by atoms with Gasteiger partial charge in [0.15, 0.2) is 11.5 Å². The van der Waals surface area contributed by atoms with Crippen LogP contribution in [-0.2, 0) is 18.6 Å². The van der Waals surface area contributed by atoms with E-state index in [9.17, 15) is 31.4 Å². The van der Waals surface area contributed by atoms with E-state index in [2.05, 4.69) is 20.5 Å². The molecule has 0 bridgehead atoms. The number of aromatic nitrogens is 3. The lowest BCUT2D eigenvalue weighted by Gasteiger charge is -2.23. The first-order valence-electron chi connectivity index (χ1n) is 10.6. The van der Waals surface area contributed by atoms with E-state index >= 15 is 0 Å². The molecule has 1 saturated heterocycles. The largest absolute Gasteiger partial charge is 0.435 e. The van der Waals surface area contributed by atoms with E-state index < -0.39 is 41.9 Å². The summed E-state index contributed by atoms with van der Waals surface area (Å²) in [6.45, 7) is -0.295. The van der Waals surface area contributed by atoms with Crippen molar-refractivity contribution in [2.75, 3.05) is 29.9 Å². The summed E-state index contributed by atoms with van der Waals surface area (Å²) in [5, 5.41) is 29.4. The van der Waals surface area contributed by atoms with Gasteiger partial charge in [0.05, 0.1) is 28.6 Å². The van der Waals surface area contributed by atoms with Crippen molar-refractivity contribution in [1.29, 1.82) is 0 Å². The Kier molecular flexibility index (Phi) is 6.49. The second kappa shape index (κ2) is 9.11. The molecule has 3 aromatic rings. The van der Waals surface area contributed by atoms with Crippen LogP contribution >= 0.6 is 0 Å². The van der Waals surface area contributed by atoms with Gasteiger partial charge in [-0.2, -0.15) is 27.1 Å². The first-order valence-corrected chi connectivity index (χ1v) is 10.6. The number of aryl methyl sites for hydroxylation is 1. The summed E-state index contributed by atoms with van der Waals surface area (Å²) in [6, 6.07) is 4.54. The fourth-order valence-electron chi connectivity index (χ4n) is 3.99. The number of β-amino-alcohol motifs (C(OH)–C–C–N with tert-alkyl or cyclic N) is 1. The SMILES string of the molecule is Cc1nnc(NCc2cccc(C(F)(F)CO)c2F)c2cc(N3CC[C@H](O)C3)c(C(F)(F)F)nc12. The van der Waals surface area contributed by atoms with Crippen LogP contribution in [0, 0.1) is 12.7 Å². The maximum atomic E-state index is 14.7. The summed E-state index contributed by atoms with van der Waals surface area (Å²) < 4.78 is 83.8. The van der Waals surface area contributed by atoms with Gasteiger partial charge in [0.25, 0.3) is 5.92 Å². The molecule has 3 heterocycles. The Morgan fingerprint density at radius 3 is 2.54 bits per heavy atom. The number of anilines is 2. The molecule has 7 nitrogen and oxygen atoms in total. The molecule has 35 heavy (non-hydrogen) atoms. The van der Waals surface area contributed by atoms with Crippen molar-refractivity contribution in [3.63, 3.8) is 0 Å². The summed E-state index contributed by atoms with van der Waals surface area (Å²) in [5.41, 5.74) is -2.49. The van der Waals surface area contributed by atoms with E-state index in [4.69, 9.17) is 5.11 Å². The van der Waals surface area contributed by atoms with Crippen molar-refractivity contribution < 1.29 is 36.6 Å². The second-order valence-electron chi connectivity index (χ2n) is 8.27. The maximum Gasteiger partial charge on any atom is 0.435 e. The van der Waals surface area contributed by atoms with E-state index in [-0.39, 0.29) is 53.3 Å². The van der Waals surface area contributed by atoms with Crippen molar-refractivity contribution in [2.24, 2.45) is 0 Å². The zero-order valence-corrected chi connectivity index (χ0v) is 18.4. The van der Waals surface area contributed by atoms with Crippen molar-refractivity contribution in [3.05, 3.63) is 52.6 Å². The van der Waals surface area contributed by atoms with Crippen LogP contribution in [0.4, 0.5) is 37.8 Å². The Morgan fingerprint density at radius 1 is 1.17 bits per heavy atom. The monoisotopic (exact) mass is 501 g/mol. The van der Waals surface area contributed by atoms with Gasteiger partial charge in [-0.1, -0.05) is 12.1 Å². The molecule has 0 saturated carbocycles. The number of halogens is 6. The third kappa shape index (κ3) is 4.82. The predicted octanol–water partition coefficient (Wildman–Crippen LogP) is 3.76. The highest BCUT2D eigenvalue weighted by Crippen LogP contribution is 2.40. The van der Waals surface area contributed by atoms with Crippen LogP contribution in [-0.4, -0.2) is 51.2 Å². The Balaban J connectivity index is 1.76. The van der Waals surface area contributed by atoms with Crippen LogP contribution in [0.1, 0.15) is 28.9 Å². The first-order chi connectivity index (χ1) is 16.4. The number of pyridine rings is 1. The van der Waals surface area contributed by atoms with E-state index in [0.717, 1.165) is 6.07 Å². The standard InChI is InChI=1S/C22H21F6N5O2/c1-11-18-14(7-16(19(30-18)22(26,27)28)33-6-5-13(35)9-33)20(32-31-11)29-8-12-3-2-4-15(17(12)23)21(24,25)10-34/h2-4,7,13,34-35H,5-6,8-10H2,1H3,(H,29,32)/t13-/m0/s1. The van der Waals surface area contributed by atoms with E-state index in [1.807, 2.05) is 0 Å². The first kappa shape index (κ1) is 24.9. The molecule has 1 aromatic carbocycles. The lowest BCUT2D eigenvalue weighted by Crippen LogP contribution is -2.25. The topological polar surface area (TPSA) is 94.4 Å². The van der Waals surface area contributed by atoms with E-state index in [1.165, 1.54) is 30.0 Å². The van der Waals surface area contributed by atoms with E-state index in [0.29, 0.717) is 6.42 Å². The molecule has 188 valence electrons. The van der Waals surface area contributed by atoms with Crippen LogP contribution in [0.5, 0.6) is 0 Å². The van der Waals surface area contributed by atoms with Crippen LogP contribution in [0.2, 0.25) is 0 Å². The van der Waals surface area contributed by atoms with E-state index in [1.54, 1.807) is 0 Å². The van der Waals surface area contributed by atoms with Crippen molar-refractivity contribution in [3.8, 4) is 0 Å². The third-order valence-electron chi connectivity index (χ3n) is 5.79. The average molecular weight is 501 g/mol. The van der Waals surface area contributed by atoms with Gasteiger partial charge in [0.1, 0.15) is 12.4 Å². The quantitative estimate of drug-likeness (QED) is 0.443. The van der Waals surface area contributed by atoms with Gasteiger partial charge in [-0.25, -0.2) is 9.37 Å². The number of benzene rings is 1. The summed E-state index contributed by atoms with van der Waals surface area (Å²) in [4.78, 5) is 5.19. The number of aliphatic hydroxyl groups is 2. The minimum Gasteiger partial charge on any atom is -0.391 e. The molecule has 4 rings (SSSR count). The summed E-state index contributed by atoms with van der Waals surface area (Å²) in [7, 11) is 0. The summed E-state index contributed by atoms with van der Waals surface area (Å²) in [5.74, 6) is -5.04. The van der Waals surface area contributed by atoms with Gasteiger partial charge >= 0.3 is 6.18 Å². The molecule has 13 heteroatoms. The molecule has 1 aliphatic heterocycles. The fourth-order valence-corrected chi connectivity index (χ4v) is 3.99. The summed E-state index contributed by atoms with van der Waals surface area (Å²) in [6.07, 6.45) is -5.27. The number of nitrogens with one attached hydrogen (secondary N) is 1. The Hall–Kier alpha value is -3.19. The molecule has 1 fully saturated rings. The lowest BCUT2D eigenvalue weighted by atomic mass is 10.0. The molecule has 1 aliphatic rings. The van der Waals surface area contributed by atoms with Crippen LogP contribution < -0.4 is 10.2 Å². The maximum absolute atomic E-state index is 14.7. The number of nitrogens with zero attached hydrogens (tertiary/aromatic N) is 4. The van der Waals surface area contributed by atoms with Crippen molar-refractivity contribution in [2.45, 2.75) is 38.1 Å². The average Bonchev–Trinajstić information content (AvgIpc) is 3.24. The Morgan fingerprint density at radius 2 is 1.91 bits per heavy atom. The number of rotatable bonds is 6. The molecule has 0 amide bonds. The van der Waals surface area contributed by atoms with Crippen LogP contribution in [0.3, 0.4) is 0 Å². The zero-order chi connectivity index (χ0) is 25.5. The molecular formula is C22H21F6N5O2. The van der Waals surface area contributed by atoms with Gasteiger partial charge in [-0.3, -0.25) is 0 Å². The predicted molar refractivity (Wildman–Crippen MR) is 115 cm³/mol. The van der Waals surface area contributed by atoms with Gasteiger partial charge < -0.3 is 20.4 Å². The highest BCUT2D eigenvalue weighted by molar-refractivity contribution is 5.93. The number of alkyl halides is 5. The zero-order valence-electron chi connectivity index (χ0n) is 18.4. The van der Waals surface area contributed by atoms with Gasteiger partial charge in [-0.05, 0) is 25.5 Å². The smallest absolute Gasteiger partial charge is 0.391 e.